The van der Waals surface area contributed by atoms with E-state index in [0.717, 1.165) is 5.56 Å². The van der Waals surface area contributed by atoms with E-state index in [1.807, 2.05) is 12.1 Å². The fraction of sp³-hybridized carbons (Fsp3) is 0.105. The van der Waals surface area contributed by atoms with Gasteiger partial charge in [0, 0.05) is 12.1 Å². The molecule has 4 rings (SSSR count). The monoisotopic (exact) mass is 349 g/mol. The number of pyridine rings is 1. The molecule has 0 aliphatic carbocycles. The molecular formula is C19H15N3O4. The van der Waals surface area contributed by atoms with E-state index in [0.29, 0.717) is 23.6 Å². The Morgan fingerprint density at radius 1 is 1.12 bits per heavy atom. The quantitative estimate of drug-likeness (QED) is 0.750. The highest BCUT2D eigenvalue weighted by Gasteiger charge is 2.38. The van der Waals surface area contributed by atoms with Gasteiger partial charge in [-0.3, -0.25) is 19.3 Å². The van der Waals surface area contributed by atoms with Gasteiger partial charge in [0.05, 0.1) is 12.0 Å². The summed E-state index contributed by atoms with van der Waals surface area (Å²) in [5, 5.41) is 0. The molecule has 130 valence electrons. The summed E-state index contributed by atoms with van der Waals surface area (Å²) in [6.07, 6.45) is 1.82. The van der Waals surface area contributed by atoms with Crippen molar-refractivity contribution in [3.63, 3.8) is 0 Å². The Morgan fingerprint density at radius 3 is 2.62 bits per heavy atom. The maximum atomic E-state index is 13.0. The molecule has 1 aliphatic heterocycles. The molecule has 2 amide bonds. The van der Waals surface area contributed by atoms with Gasteiger partial charge in [0.25, 0.3) is 11.5 Å². The summed E-state index contributed by atoms with van der Waals surface area (Å²) in [5.74, 6) is -0.688. The number of nitrogens with zero attached hydrogens (tertiary/aromatic N) is 1. The molecule has 7 nitrogen and oxygen atoms in total. The van der Waals surface area contributed by atoms with Gasteiger partial charge in [0.1, 0.15) is 17.4 Å². The molecule has 3 aromatic rings. The molecule has 0 spiro atoms. The molecule has 1 aromatic carbocycles. The third-order valence-corrected chi connectivity index (χ3v) is 4.45. The summed E-state index contributed by atoms with van der Waals surface area (Å²) in [5.41, 5.74) is 6.75. The molecule has 2 aromatic heterocycles. The van der Waals surface area contributed by atoms with Crippen molar-refractivity contribution in [2.24, 2.45) is 5.73 Å². The van der Waals surface area contributed by atoms with Crippen LogP contribution in [0.15, 0.2) is 64.0 Å². The van der Waals surface area contributed by atoms with Crippen molar-refractivity contribution in [1.29, 1.82) is 0 Å². The molecule has 0 unspecified atom stereocenters. The fourth-order valence-electron chi connectivity index (χ4n) is 3.21. The highest BCUT2D eigenvalue weighted by atomic mass is 16.3. The van der Waals surface area contributed by atoms with Crippen LogP contribution in [-0.4, -0.2) is 22.8 Å². The number of para-hydroxylation sites is 1. The zero-order chi connectivity index (χ0) is 18.3. The second-order valence-electron chi connectivity index (χ2n) is 6.02. The molecule has 0 saturated heterocycles. The number of aromatic nitrogens is 1. The molecule has 3 heterocycles. The molecule has 0 bridgehead atoms. The number of fused-ring (bicyclic) bond motifs is 1. The van der Waals surface area contributed by atoms with Crippen molar-refractivity contribution in [2.45, 2.75) is 12.5 Å². The first-order valence-electron chi connectivity index (χ1n) is 8.04. The molecule has 26 heavy (non-hydrogen) atoms. The highest BCUT2D eigenvalue weighted by molar-refractivity contribution is 6.11. The van der Waals surface area contributed by atoms with Gasteiger partial charge in [-0.1, -0.05) is 18.2 Å². The van der Waals surface area contributed by atoms with E-state index >= 15 is 0 Å². The van der Waals surface area contributed by atoms with Gasteiger partial charge in [-0.2, -0.15) is 0 Å². The second kappa shape index (κ2) is 6.03. The second-order valence-corrected chi connectivity index (χ2v) is 6.02. The van der Waals surface area contributed by atoms with E-state index in [2.05, 4.69) is 4.98 Å². The summed E-state index contributed by atoms with van der Waals surface area (Å²) in [6.45, 7) is 0. The first-order valence-corrected chi connectivity index (χ1v) is 8.04. The average Bonchev–Trinajstić information content (AvgIpc) is 3.29. The Labute approximate surface area is 148 Å². The number of carbonyl (C=O) groups excluding carboxylic acids is 2. The molecule has 1 atom stereocenters. The van der Waals surface area contributed by atoms with Gasteiger partial charge >= 0.3 is 0 Å². The number of nitrogens with one attached hydrogen (secondary N) is 1. The van der Waals surface area contributed by atoms with Gasteiger partial charge in [0.15, 0.2) is 0 Å². The first kappa shape index (κ1) is 15.9. The van der Waals surface area contributed by atoms with Crippen LogP contribution in [0.25, 0.3) is 11.5 Å². The van der Waals surface area contributed by atoms with Crippen molar-refractivity contribution in [3.05, 3.63) is 76.3 Å². The Bertz CT molecular complexity index is 1050. The topological polar surface area (TPSA) is 109 Å². The number of aromatic amines is 1. The van der Waals surface area contributed by atoms with E-state index < -0.39 is 23.4 Å². The van der Waals surface area contributed by atoms with Crippen LogP contribution < -0.4 is 16.2 Å². The number of anilines is 1. The SMILES string of the molecule is NC(=O)[C@@H]1Cc2ccccc2N1C(=O)c1ccc(-c2ccco2)[nH]c1=O. The summed E-state index contributed by atoms with van der Waals surface area (Å²) < 4.78 is 5.24. The van der Waals surface area contributed by atoms with Gasteiger partial charge in [-0.15, -0.1) is 0 Å². The molecule has 3 N–H and O–H groups in total. The Morgan fingerprint density at radius 2 is 1.92 bits per heavy atom. The van der Waals surface area contributed by atoms with Crippen molar-refractivity contribution in [1.82, 2.24) is 4.98 Å². The highest BCUT2D eigenvalue weighted by Crippen LogP contribution is 2.33. The predicted molar refractivity (Wildman–Crippen MR) is 94.7 cm³/mol. The Balaban J connectivity index is 1.75. The Hall–Kier alpha value is -3.61. The normalized spacial score (nSPS) is 15.7. The third-order valence-electron chi connectivity index (χ3n) is 4.45. The van der Waals surface area contributed by atoms with Crippen molar-refractivity contribution >= 4 is 17.5 Å². The lowest BCUT2D eigenvalue weighted by Gasteiger charge is -2.23. The van der Waals surface area contributed by atoms with Crippen LogP contribution in [0.4, 0.5) is 5.69 Å². The van der Waals surface area contributed by atoms with Crippen molar-refractivity contribution in [2.75, 3.05) is 4.90 Å². The lowest BCUT2D eigenvalue weighted by atomic mass is 10.1. The minimum absolute atomic E-state index is 0.0664. The lowest BCUT2D eigenvalue weighted by molar-refractivity contribution is -0.119. The molecule has 0 radical (unpaired) electrons. The van der Waals surface area contributed by atoms with Gasteiger partial charge in [0.2, 0.25) is 5.91 Å². The van der Waals surface area contributed by atoms with Crippen molar-refractivity contribution < 1.29 is 14.0 Å². The zero-order valence-electron chi connectivity index (χ0n) is 13.6. The number of hydrogen-bond acceptors (Lipinski definition) is 4. The number of benzene rings is 1. The van der Waals surface area contributed by atoms with Crippen LogP contribution in [0.5, 0.6) is 0 Å². The zero-order valence-corrected chi connectivity index (χ0v) is 13.6. The lowest BCUT2D eigenvalue weighted by Crippen LogP contribution is -2.47. The molecule has 1 aliphatic rings. The van der Waals surface area contributed by atoms with Crippen LogP contribution in [0, 0.1) is 0 Å². The third kappa shape index (κ3) is 2.50. The Kier molecular flexibility index (Phi) is 3.69. The molecule has 0 saturated carbocycles. The van der Waals surface area contributed by atoms with Crippen LogP contribution in [-0.2, 0) is 11.2 Å². The number of hydrogen-bond donors (Lipinski definition) is 2. The maximum absolute atomic E-state index is 13.0. The summed E-state index contributed by atoms with van der Waals surface area (Å²) in [4.78, 5) is 41.3. The predicted octanol–water partition coefficient (Wildman–Crippen LogP) is 1.69. The number of primary amides is 1. The summed E-state index contributed by atoms with van der Waals surface area (Å²) in [7, 11) is 0. The van der Waals surface area contributed by atoms with Crippen molar-refractivity contribution in [3.8, 4) is 11.5 Å². The number of amides is 2. The van der Waals surface area contributed by atoms with E-state index in [4.69, 9.17) is 10.2 Å². The largest absolute Gasteiger partial charge is 0.463 e. The first-order chi connectivity index (χ1) is 12.6. The minimum Gasteiger partial charge on any atom is -0.463 e. The van der Waals surface area contributed by atoms with E-state index in [1.165, 1.54) is 17.2 Å². The number of furan rings is 1. The maximum Gasteiger partial charge on any atom is 0.264 e. The number of nitrogens with two attached hydrogens (primary N) is 1. The minimum atomic E-state index is -0.816. The summed E-state index contributed by atoms with van der Waals surface area (Å²) in [6, 6.07) is 12.8. The van der Waals surface area contributed by atoms with E-state index in [-0.39, 0.29) is 5.56 Å². The number of rotatable bonds is 3. The van der Waals surface area contributed by atoms with E-state index in [1.54, 1.807) is 30.3 Å². The average molecular weight is 349 g/mol. The fourth-order valence-corrected chi connectivity index (χ4v) is 3.21. The molecular weight excluding hydrogens is 334 g/mol. The van der Waals surface area contributed by atoms with Crippen LogP contribution in [0.1, 0.15) is 15.9 Å². The van der Waals surface area contributed by atoms with Gasteiger partial charge < -0.3 is 15.1 Å². The molecule has 7 heteroatoms. The smallest absolute Gasteiger partial charge is 0.264 e. The van der Waals surface area contributed by atoms with Crippen LogP contribution in [0.2, 0.25) is 0 Å². The van der Waals surface area contributed by atoms with E-state index in [9.17, 15) is 14.4 Å². The molecule has 0 fully saturated rings. The van der Waals surface area contributed by atoms with Gasteiger partial charge in [-0.05, 0) is 35.9 Å². The summed E-state index contributed by atoms with van der Waals surface area (Å²) >= 11 is 0. The van der Waals surface area contributed by atoms with Gasteiger partial charge in [-0.25, -0.2) is 0 Å². The van der Waals surface area contributed by atoms with Crippen LogP contribution >= 0.6 is 0 Å². The standard InChI is InChI=1S/C19H15N3O4/c20-17(23)15-10-11-4-1-2-5-14(11)22(15)19(25)12-7-8-13(21-18(12)24)16-6-3-9-26-16/h1-9,15H,10H2,(H2,20,23)(H,21,24)/t15-/m0/s1. The van der Waals surface area contributed by atoms with Crippen LogP contribution in [0.3, 0.4) is 0 Å². The number of H-pyrrole nitrogens is 1. The number of carbonyl (C=O) groups is 2.